The number of ether oxygens (including phenoxy) is 1. The van der Waals surface area contributed by atoms with Gasteiger partial charge in [-0.1, -0.05) is 6.58 Å². The van der Waals surface area contributed by atoms with Crippen molar-refractivity contribution in [3.63, 3.8) is 0 Å². The van der Waals surface area contributed by atoms with Crippen LogP contribution in [0.3, 0.4) is 0 Å². The van der Waals surface area contributed by atoms with E-state index in [1.54, 1.807) is 4.90 Å². The van der Waals surface area contributed by atoms with Gasteiger partial charge in [-0.15, -0.1) is 0 Å². The molecule has 1 saturated heterocycles. The lowest BCUT2D eigenvalue weighted by atomic mass is 10.3. The van der Waals surface area contributed by atoms with Crippen LogP contribution in [0.25, 0.3) is 0 Å². The zero-order valence-corrected chi connectivity index (χ0v) is 8.70. The van der Waals surface area contributed by atoms with Gasteiger partial charge in [0.2, 0.25) is 11.8 Å². The van der Waals surface area contributed by atoms with E-state index in [1.807, 2.05) is 0 Å². The fourth-order valence-corrected chi connectivity index (χ4v) is 1.34. The average Bonchev–Trinajstić information content (AvgIpc) is 2.29. The number of carbonyl (C=O) groups excluding carboxylic acids is 2. The van der Waals surface area contributed by atoms with Crippen LogP contribution in [0.5, 0.6) is 0 Å². The number of nitrogens with one attached hydrogen (secondary N) is 1. The molecule has 0 atom stereocenters. The second kappa shape index (κ2) is 6.19. The first-order chi connectivity index (χ1) is 7.24. The summed E-state index contributed by atoms with van der Waals surface area (Å²) in [5, 5.41) is 2.57. The van der Waals surface area contributed by atoms with Crippen molar-refractivity contribution in [1.82, 2.24) is 10.2 Å². The van der Waals surface area contributed by atoms with Gasteiger partial charge >= 0.3 is 0 Å². The SMILES string of the molecule is C=CC(=O)NCCC(=O)N1CCOCC1. The zero-order valence-electron chi connectivity index (χ0n) is 8.70. The lowest BCUT2D eigenvalue weighted by Crippen LogP contribution is -2.41. The van der Waals surface area contributed by atoms with E-state index >= 15 is 0 Å². The molecule has 0 aromatic heterocycles. The summed E-state index contributed by atoms with van der Waals surface area (Å²) < 4.78 is 5.13. The zero-order chi connectivity index (χ0) is 11.1. The lowest BCUT2D eigenvalue weighted by molar-refractivity contribution is -0.135. The topological polar surface area (TPSA) is 58.6 Å². The van der Waals surface area contributed by atoms with Gasteiger partial charge in [0.15, 0.2) is 0 Å². The number of nitrogens with zero attached hydrogens (tertiary/aromatic N) is 1. The molecule has 0 spiro atoms. The van der Waals surface area contributed by atoms with Crippen molar-refractivity contribution < 1.29 is 14.3 Å². The predicted molar refractivity (Wildman–Crippen MR) is 55.2 cm³/mol. The molecule has 5 heteroatoms. The van der Waals surface area contributed by atoms with E-state index < -0.39 is 0 Å². The molecule has 0 aliphatic carbocycles. The predicted octanol–water partition coefficient (Wildman–Crippen LogP) is -0.462. The summed E-state index contributed by atoms with van der Waals surface area (Å²) in [5.74, 6) is -0.188. The number of hydrogen-bond acceptors (Lipinski definition) is 3. The van der Waals surface area contributed by atoms with E-state index in [-0.39, 0.29) is 11.8 Å². The van der Waals surface area contributed by atoms with Gasteiger partial charge < -0.3 is 15.0 Å². The molecule has 1 fully saturated rings. The van der Waals surface area contributed by atoms with Gasteiger partial charge in [0.25, 0.3) is 0 Å². The summed E-state index contributed by atoms with van der Waals surface area (Å²) in [4.78, 5) is 24.1. The Balaban J connectivity index is 2.17. The van der Waals surface area contributed by atoms with Crippen LogP contribution in [0.4, 0.5) is 0 Å². The van der Waals surface area contributed by atoms with Crippen LogP contribution in [-0.4, -0.2) is 49.6 Å². The summed E-state index contributed by atoms with van der Waals surface area (Å²) >= 11 is 0. The van der Waals surface area contributed by atoms with Gasteiger partial charge in [0, 0.05) is 26.1 Å². The van der Waals surface area contributed by atoms with Crippen LogP contribution in [-0.2, 0) is 14.3 Å². The van der Waals surface area contributed by atoms with E-state index in [4.69, 9.17) is 4.74 Å². The summed E-state index contributed by atoms with van der Waals surface area (Å²) in [7, 11) is 0. The highest BCUT2D eigenvalue weighted by molar-refractivity contribution is 5.87. The second-order valence-corrected chi connectivity index (χ2v) is 3.24. The first-order valence-electron chi connectivity index (χ1n) is 5.00. The molecule has 15 heavy (non-hydrogen) atoms. The van der Waals surface area contributed by atoms with E-state index in [0.29, 0.717) is 39.3 Å². The third kappa shape index (κ3) is 4.12. The highest BCUT2D eigenvalue weighted by atomic mass is 16.5. The molecule has 0 aromatic rings. The van der Waals surface area contributed by atoms with E-state index in [1.165, 1.54) is 6.08 Å². The molecular weight excluding hydrogens is 196 g/mol. The Morgan fingerprint density at radius 1 is 1.40 bits per heavy atom. The fourth-order valence-electron chi connectivity index (χ4n) is 1.34. The molecule has 1 N–H and O–H groups in total. The maximum absolute atomic E-state index is 11.6. The first-order valence-corrected chi connectivity index (χ1v) is 5.00. The summed E-state index contributed by atoms with van der Waals surface area (Å²) in [6.07, 6.45) is 1.53. The maximum atomic E-state index is 11.6. The second-order valence-electron chi connectivity index (χ2n) is 3.24. The minimum absolute atomic E-state index is 0.0580. The summed E-state index contributed by atoms with van der Waals surface area (Å²) in [5.41, 5.74) is 0. The molecule has 1 rings (SSSR count). The number of rotatable bonds is 4. The largest absolute Gasteiger partial charge is 0.378 e. The Hall–Kier alpha value is -1.36. The number of carbonyl (C=O) groups is 2. The van der Waals surface area contributed by atoms with Crippen molar-refractivity contribution >= 4 is 11.8 Å². The number of morpholine rings is 1. The van der Waals surface area contributed by atoms with Crippen molar-refractivity contribution in [2.45, 2.75) is 6.42 Å². The van der Waals surface area contributed by atoms with E-state index in [2.05, 4.69) is 11.9 Å². The average molecular weight is 212 g/mol. The third-order valence-corrected chi connectivity index (χ3v) is 2.19. The lowest BCUT2D eigenvalue weighted by Gasteiger charge is -2.26. The molecule has 1 aliphatic heterocycles. The molecule has 0 saturated carbocycles. The molecule has 0 bridgehead atoms. The third-order valence-electron chi connectivity index (χ3n) is 2.19. The monoisotopic (exact) mass is 212 g/mol. The molecule has 0 aromatic carbocycles. The Kier molecular flexibility index (Phi) is 4.83. The Morgan fingerprint density at radius 2 is 2.07 bits per heavy atom. The van der Waals surface area contributed by atoms with E-state index in [9.17, 15) is 9.59 Å². The molecule has 2 amide bonds. The minimum Gasteiger partial charge on any atom is -0.378 e. The molecule has 5 nitrogen and oxygen atoms in total. The Labute approximate surface area is 89.1 Å². The van der Waals surface area contributed by atoms with Crippen molar-refractivity contribution in [3.05, 3.63) is 12.7 Å². The number of amides is 2. The summed E-state index contributed by atoms with van der Waals surface area (Å²) in [6.45, 7) is 6.18. The van der Waals surface area contributed by atoms with Crippen molar-refractivity contribution in [1.29, 1.82) is 0 Å². The van der Waals surface area contributed by atoms with Crippen LogP contribution >= 0.6 is 0 Å². The van der Waals surface area contributed by atoms with Crippen LogP contribution in [0.15, 0.2) is 12.7 Å². The normalized spacial score (nSPS) is 15.9. The van der Waals surface area contributed by atoms with Gasteiger partial charge in [-0.3, -0.25) is 9.59 Å². The Bertz CT molecular complexity index is 247. The summed E-state index contributed by atoms with van der Waals surface area (Å²) in [6, 6.07) is 0. The van der Waals surface area contributed by atoms with Crippen LogP contribution in [0, 0.1) is 0 Å². The highest BCUT2D eigenvalue weighted by Gasteiger charge is 2.15. The highest BCUT2D eigenvalue weighted by Crippen LogP contribution is 1.99. The van der Waals surface area contributed by atoms with Crippen molar-refractivity contribution in [3.8, 4) is 0 Å². The number of hydrogen-bond donors (Lipinski definition) is 1. The molecule has 1 heterocycles. The van der Waals surface area contributed by atoms with Gasteiger partial charge in [0.1, 0.15) is 0 Å². The van der Waals surface area contributed by atoms with Gasteiger partial charge in [-0.25, -0.2) is 0 Å². The van der Waals surface area contributed by atoms with Crippen LogP contribution in [0.2, 0.25) is 0 Å². The van der Waals surface area contributed by atoms with Gasteiger partial charge in [0.05, 0.1) is 13.2 Å². The van der Waals surface area contributed by atoms with Gasteiger partial charge in [-0.05, 0) is 6.08 Å². The van der Waals surface area contributed by atoms with Crippen molar-refractivity contribution in [2.75, 3.05) is 32.8 Å². The quantitative estimate of drug-likeness (QED) is 0.641. The molecular formula is C10H16N2O3. The van der Waals surface area contributed by atoms with Gasteiger partial charge in [-0.2, -0.15) is 0 Å². The Morgan fingerprint density at radius 3 is 2.67 bits per heavy atom. The molecule has 0 radical (unpaired) electrons. The molecule has 84 valence electrons. The van der Waals surface area contributed by atoms with E-state index in [0.717, 1.165) is 0 Å². The smallest absolute Gasteiger partial charge is 0.243 e. The molecule has 0 unspecified atom stereocenters. The standard InChI is InChI=1S/C10H16N2O3/c1-2-9(13)11-4-3-10(14)12-5-7-15-8-6-12/h2H,1,3-8H2,(H,11,13). The van der Waals surface area contributed by atoms with Crippen LogP contribution in [0.1, 0.15) is 6.42 Å². The van der Waals surface area contributed by atoms with Crippen molar-refractivity contribution in [2.24, 2.45) is 0 Å². The fraction of sp³-hybridized carbons (Fsp3) is 0.600. The first kappa shape index (κ1) is 11.7. The molecule has 1 aliphatic rings. The minimum atomic E-state index is -0.246. The van der Waals surface area contributed by atoms with Crippen LogP contribution < -0.4 is 5.32 Å². The maximum Gasteiger partial charge on any atom is 0.243 e.